The summed E-state index contributed by atoms with van der Waals surface area (Å²) in [7, 11) is 1.57. The maximum absolute atomic E-state index is 11.8. The summed E-state index contributed by atoms with van der Waals surface area (Å²) in [5.41, 5.74) is 3.73. The molecule has 2 aromatic carbocycles. The lowest BCUT2D eigenvalue weighted by atomic mass is 10.2. The predicted molar refractivity (Wildman–Crippen MR) is 93.1 cm³/mol. The van der Waals surface area contributed by atoms with Gasteiger partial charge in [-0.25, -0.2) is 5.43 Å². The van der Waals surface area contributed by atoms with Crippen molar-refractivity contribution in [1.82, 2.24) is 10.7 Å². The Kier molecular flexibility index (Phi) is 5.33. The molecule has 0 saturated carbocycles. The molecule has 8 nitrogen and oxygen atoms in total. The molecule has 0 unspecified atom stereocenters. The van der Waals surface area contributed by atoms with Gasteiger partial charge in [0.2, 0.25) is 6.79 Å². The third-order valence-corrected chi connectivity index (χ3v) is 3.59. The Morgan fingerprint density at radius 2 is 1.88 bits per heavy atom. The molecule has 26 heavy (non-hydrogen) atoms. The van der Waals surface area contributed by atoms with Crippen LogP contribution in [0.4, 0.5) is 0 Å². The summed E-state index contributed by atoms with van der Waals surface area (Å²) in [6, 6.07) is 12.4. The summed E-state index contributed by atoms with van der Waals surface area (Å²) in [6.45, 7) is 0.366. The molecule has 0 bridgehead atoms. The Morgan fingerprint density at radius 1 is 1.12 bits per heavy atom. The minimum Gasteiger partial charge on any atom is -0.497 e. The fraction of sp³-hybridized carbons (Fsp3) is 0.167. The number of hydrogen-bond donors (Lipinski definition) is 2. The fourth-order valence-electron chi connectivity index (χ4n) is 2.22. The number of carbonyl (C=O) groups is 2. The van der Waals surface area contributed by atoms with Crippen LogP contribution in [0.25, 0.3) is 0 Å². The van der Waals surface area contributed by atoms with E-state index in [2.05, 4.69) is 15.8 Å². The summed E-state index contributed by atoms with van der Waals surface area (Å²) in [5.74, 6) is 0.357. The van der Waals surface area contributed by atoms with Gasteiger partial charge in [-0.3, -0.25) is 9.59 Å². The molecule has 0 aliphatic carbocycles. The first-order chi connectivity index (χ1) is 12.7. The second-order valence-corrected chi connectivity index (χ2v) is 5.34. The molecular weight excluding hydrogens is 338 g/mol. The average Bonchev–Trinajstić information content (AvgIpc) is 3.14. The molecule has 3 rings (SSSR count). The van der Waals surface area contributed by atoms with E-state index in [0.717, 1.165) is 11.1 Å². The molecule has 1 aliphatic rings. The highest BCUT2D eigenvalue weighted by Gasteiger charge is 2.15. The first-order valence-corrected chi connectivity index (χ1v) is 7.79. The quantitative estimate of drug-likeness (QED) is 0.477. The van der Waals surface area contributed by atoms with E-state index in [1.54, 1.807) is 49.6 Å². The summed E-state index contributed by atoms with van der Waals surface area (Å²) in [6.07, 6.45) is 1.43. The van der Waals surface area contributed by atoms with Crippen LogP contribution < -0.4 is 25.0 Å². The van der Waals surface area contributed by atoms with E-state index in [9.17, 15) is 9.59 Å². The lowest BCUT2D eigenvalue weighted by Gasteiger charge is -2.05. The molecule has 0 fully saturated rings. The van der Waals surface area contributed by atoms with Gasteiger partial charge in [0.1, 0.15) is 5.75 Å². The van der Waals surface area contributed by atoms with Crippen molar-refractivity contribution in [3.8, 4) is 17.2 Å². The number of benzene rings is 2. The van der Waals surface area contributed by atoms with Gasteiger partial charge < -0.3 is 19.5 Å². The van der Waals surface area contributed by atoms with Crippen molar-refractivity contribution in [2.45, 2.75) is 6.54 Å². The van der Waals surface area contributed by atoms with Crippen LogP contribution in [0.5, 0.6) is 17.2 Å². The molecule has 0 aromatic heterocycles. The summed E-state index contributed by atoms with van der Waals surface area (Å²) in [4.78, 5) is 23.5. The van der Waals surface area contributed by atoms with E-state index < -0.39 is 11.8 Å². The molecule has 0 radical (unpaired) electrons. The highest BCUT2D eigenvalue weighted by Crippen LogP contribution is 2.32. The Morgan fingerprint density at radius 3 is 2.65 bits per heavy atom. The zero-order valence-electron chi connectivity index (χ0n) is 14.0. The third-order valence-electron chi connectivity index (χ3n) is 3.59. The Bertz CT molecular complexity index is 833. The Labute approximate surface area is 149 Å². The van der Waals surface area contributed by atoms with Crippen LogP contribution in [0, 0.1) is 0 Å². The topological polar surface area (TPSA) is 98.2 Å². The van der Waals surface area contributed by atoms with Crippen molar-refractivity contribution in [2.75, 3.05) is 13.9 Å². The van der Waals surface area contributed by atoms with Crippen LogP contribution in [0.1, 0.15) is 11.1 Å². The van der Waals surface area contributed by atoms with Gasteiger partial charge in [0, 0.05) is 6.54 Å². The number of nitrogens with zero attached hydrogens (tertiary/aromatic N) is 1. The van der Waals surface area contributed by atoms with Crippen molar-refractivity contribution in [3.05, 3.63) is 53.6 Å². The molecule has 0 atom stereocenters. The van der Waals surface area contributed by atoms with Crippen molar-refractivity contribution in [1.29, 1.82) is 0 Å². The highest BCUT2D eigenvalue weighted by atomic mass is 16.7. The first-order valence-electron chi connectivity index (χ1n) is 7.79. The van der Waals surface area contributed by atoms with E-state index in [-0.39, 0.29) is 13.3 Å². The summed E-state index contributed by atoms with van der Waals surface area (Å²) >= 11 is 0. The number of hydrazone groups is 1. The SMILES string of the molecule is COc1ccc(/C=N\NC(=O)C(=O)NCc2ccc3c(c2)OCO3)cc1. The maximum Gasteiger partial charge on any atom is 0.329 e. The van der Waals surface area contributed by atoms with E-state index in [1.165, 1.54) is 6.21 Å². The standard InChI is InChI=1S/C18H17N3O5/c1-24-14-5-2-12(3-6-14)10-20-21-18(23)17(22)19-9-13-4-7-15-16(8-13)26-11-25-15/h2-8,10H,9,11H2,1H3,(H,19,22)(H,21,23)/b20-10-. The number of methoxy groups -OCH3 is 1. The Balaban J connectivity index is 1.46. The number of ether oxygens (including phenoxy) is 3. The summed E-state index contributed by atoms with van der Waals surface area (Å²) < 4.78 is 15.5. The lowest BCUT2D eigenvalue weighted by molar-refractivity contribution is -0.139. The zero-order chi connectivity index (χ0) is 18.4. The average molecular weight is 355 g/mol. The van der Waals surface area contributed by atoms with Gasteiger partial charge in [-0.1, -0.05) is 6.07 Å². The van der Waals surface area contributed by atoms with E-state index in [4.69, 9.17) is 14.2 Å². The normalized spacial score (nSPS) is 12.0. The highest BCUT2D eigenvalue weighted by molar-refractivity contribution is 6.35. The minimum absolute atomic E-state index is 0.180. The number of hydrogen-bond acceptors (Lipinski definition) is 6. The van der Waals surface area contributed by atoms with E-state index in [0.29, 0.717) is 17.2 Å². The molecule has 0 spiro atoms. The zero-order valence-corrected chi connectivity index (χ0v) is 14.0. The molecule has 134 valence electrons. The molecule has 2 N–H and O–H groups in total. The van der Waals surface area contributed by atoms with Gasteiger partial charge in [0.25, 0.3) is 0 Å². The molecular formula is C18H17N3O5. The van der Waals surface area contributed by atoms with Crippen LogP contribution in [0.3, 0.4) is 0 Å². The first kappa shape index (κ1) is 17.3. The number of fused-ring (bicyclic) bond motifs is 1. The van der Waals surface area contributed by atoms with Crippen molar-refractivity contribution >= 4 is 18.0 Å². The molecule has 2 aromatic rings. The van der Waals surface area contributed by atoms with Gasteiger partial charge in [0.15, 0.2) is 11.5 Å². The van der Waals surface area contributed by atoms with E-state index >= 15 is 0 Å². The lowest BCUT2D eigenvalue weighted by Crippen LogP contribution is -2.37. The predicted octanol–water partition coefficient (Wildman–Crippen LogP) is 1.19. The molecule has 1 aliphatic heterocycles. The van der Waals surface area contributed by atoms with Crippen molar-refractivity contribution in [2.24, 2.45) is 5.10 Å². The van der Waals surface area contributed by atoms with E-state index in [1.807, 2.05) is 0 Å². The maximum atomic E-state index is 11.8. The molecule has 0 saturated heterocycles. The van der Waals surface area contributed by atoms with Crippen LogP contribution >= 0.6 is 0 Å². The molecule has 1 heterocycles. The van der Waals surface area contributed by atoms with Gasteiger partial charge in [0.05, 0.1) is 13.3 Å². The number of carbonyl (C=O) groups excluding carboxylic acids is 2. The van der Waals surface area contributed by atoms with Crippen molar-refractivity contribution in [3.63, 3.8) is 0 Å². The number of amides is 2. The number of nitrogens with one attached hydrogen (secondary N) is 2. The largest absolute Gasteiger partial charge is 0.497 e. The fourth-order valence-corrected chi connectivity index (χ4v) is 2.22. The van der Waals surface area contributed by atoms with Crippen LogP contribution in [0.2, 0.25) is 0 Å². The second kappa shape index (κ2) is 8.02. The van der Waals surface area contributed by atoms with Crippen molar-refractivity contribution < 1.29 is 23.8 Å². The van der Waals surface area contributed by atoms with Crippen LogP contribution in [-0.2, 0) is 16.1 Å². The van der Waals surface area contributed by atoms with Crippen LogP contribution in [-0.4, -0.2) is 31.9 Å². The smallest absolute Gasteiger partial charge is 0.329 e. The monoisotopic (exact) mass is 355 g/mol. The molecule has 2 amide bonds. The third kappa shape index (κ3) is 4.29. The minimum atomic E-state index is -0.851. The second-order valence-electron chi connectivity index (χ2n) is 5.34. The van der Waals surface area contributed by atoms with Crippen LogP contribution in [0.15, 0.2) is 47.6 Å². The van der Waals surface area contributed by atoms with Gasteiger partial charge in [-0.05, 0) is 47.5 Å². The van der Waals surface area contributed by atoms with Gasteiger partial charge in [-0.15, -0.1) is 0 Å². The number of rotatable bonds is 5. The Hall–Kier alpha value is -3.55. The summed E-state index contributed by atoms with van der Waals surface area (Å²) in [5, 5.41) is 6.27. The molecule has 8 heteroatoms. The van der Waals surface area contributed by atoms with Gasteiger partial charge >= 0.3 is 11.8 Å². The van der Waals surface area contributed by atoms with Gasteiger partial charge in [-0.2, -0.15) is 5.10 Å².